The minimum atomic E-state index is -4.03. The second kappa shape index (κ2) is 5.30. The van der Waals surface area contributed by atoms with Crippen LogP contribution in [0.25, 0.3) is 0 Å². The molecule has 0 saturated heterocycles. The van der Waals surface area contributed by atoms with E-state index in [4.69, 9.17) is 4.18 Å². The Morgan fingerprint density at radius 2 is 1.89 bits per heavy atom. The fraction of sp³-hybridized carbons (Fsp3) is 0.0769. The van der Waals surface area contributed by atoms with Gasteiger partial charge in [0.2, 0.25) is 0 Å². The molecule has 2 rings (SSSR count). The van der Waals surface area contributed by atoms with Crippen molar-refractivity contribution in [3.05, 3.63) is 58.3 Å². The van der Waals surface area contributed by atoms with E-state index in [-0.39, 0.29) is 10.6 Å². The molecule has 0 bridgehead atoms. The second-order valence-electron chi connectivity index (χ2n) is 3.91. The van der Waals surface area contributed by atoms with Crippen molar-refractivity contribution in [2.24, 2.45) is 0 Å². The van der Waals surface area contributed by atoms with E-state index in [1.54, 1.807) is 19.1 Å². The van der Waals surface area contributed by atoms with Crippen LogP contribution in [0.5, 0.6) is 5.75 Å². The first-order chi connectivity index (χ1) is 8.88. The third kappa shape index (κ3) is 3.33. The molecule has 0 aliphatic rings. The Hall–Kier alpha value is -1.40. The summed E-state index contributed by atoms with van der Waals surface area (Å²) >= 11 is 3.21. The normalized spacial score (nSPS) is 11.3. The fourth-order valence-electron chi connectivity index (χ4n) is 1.42. The summed E-state index contributed by atoms with van der Waals surface area (Å²) in [6.07, 6.45) is 0. The SMILES string of the molecule is Cc1ccc(S(=O)(=O)Oc2cccc(Br)c2)cc1F. The number of hydrogen-bond donors (Lipinski definition) is 0. The molecule has 0 saturated carbocycles. The highest BCUT2D eigenvalue weighted by Crippen LogP contribution is 2.23. The van der Waals surface area contributed by atoms with Gasteiger partial charge in [0.15, 0.2) is 0 Å². The summed E-state index contributed by atoms with van der Waals surface area (Å²) in [7, 11) is -4.03. The van der Waals surface area contributed by atoms with E-state index in [9.17, 15) is 12.8 Å². The van der Waals surface area contributed by atoms with Crippen molar-refractivity contribution >= 4 is 26.0 Å². The lowest BCUT2D eigenvalue weighted by atomic mass is 10.2. The van der Waals surface area contributed by atoms with Gasteiger partial charge in [-0.2, -0.15) is 8.42 Å². The summed E-state index contributed by atoms with van der Waals surface area (Å²) in [5.41, 5.74) is 0.376. The van der Waals surface area contributed by atoms with Crippen LogP contribution in [0.3, 0.4) is 0 Å². The molecule has 0 N–H and O–H groups in total. The van der Waals surface area contributed by atoms with Crippen molar-refractivity contribution in [3.63, 3.8) is 0 Å². The second-order valence-corrected chi connectivity index (χ2v) is 6.37. The highest BCUT2D eigenvalue weighted by molar-refractivity contribution is 9.10. The van der Waals surface area contributed by atoms with Crippen molar-refractivity contribution in [2.75, 3.05) is 0 Å². The van der Waals surface area contributed by atoms with Gasteiger partial charge in [0.1, 0.15) is 16.5 Å². The van der Waals surface area contributed by atoms with Gasteiger partial charge in [-0.15, -0.1) is 0 Å². The molecular weight excluding hydrogens is 335 g/mol. The van der Waals surface area contributed by atoms with Crippen LogP contribution < -0.4 is 4.18 Å². The largest absolute Gasteiger partial charge is 0.379 e. The summed E-state index contributed by atoms with van der Waals surface area (Å²) < 4.78 is 43.0. The van der Waals surface area contributed by atoms with E-state index in [2.05, 4.69) is 15.9 Å². The first-order valence-electron chi connectivity index (χ1n) is 5.35. The van der Waals surface area contributed by atoms with Gasteiger partial charge in [-0.05, 0) is 42.8 Å². The van der Waals surface area contributed by atoms with Crippen LogP contribution in [-0.4, -0.2) is 8.42 Å². The summed E-state index contributed by atoms with van der Waals surface area (Å²) in [4.78, 5) is -0.212. The van der Waals surface area contributed by atoms with Crippen molar-refractivity contribution in [2.45, 2.75) is 11.8 Å². The lowest BCUT2D eigenvalue weighted by molar-refractivity contribution is 0.484. The van der Waals surface area contributed by atoms with Crippen LogP contribution in [0.4, 0.5) is 4.39 Å². The Balaban J connectivity index is 2.35. The van der Waals surface area contributed by atoms with Gasteiger partial charge in [0.25, 0.3) is 0 Å². The molecule has 0 unspecified atom stereocenters. The first kappa shape index (κ1) is 14.0. The van der Waals surface area contributed by atoms with Crippen LogP contribution in [-0.2, 0) is 10.1 Å². The van der Waals surface area contributed by atoms with Crippen LogP contribution in [0.15, 0.2) is 51.8 Å². The summed E-state index contributed by atoms with van der Waals surface area (Å²) in [6, 6.07) is 10.1. The molecule has 6 heteroatoms. The molecule has 19 heavy (non-hydrogen) atoms. The van der Waals surface area contributed by atoms with Crippen LogP contribution in [0.2, 0.25) is 0 Å². The number of rotatable bonds is 3. The molecule has 2 aromatic rings. The monoisotopic (exact) mass is 344 g/mol. The smallest absolute Gasteiger partial charge is 0.339 e. The standard InChI is InChI=1S/C13H10BrFO3S/c1-9-5-6-12(8-13(9)15)19(16,17)18-11-4-2-3-10(14)7-11/h2-8H,1H3. The van der Waals surface area contributed by atoms with Gasteiger partial charge >= 0.3 is 10.1 Å². The molecule has 0 amide bonds. The maximum atomic E-state index is 13.4. The number of hydrogen-bond acceptors (Lipinski definition) is 3. The van der Waals surface area contributed by atoms with Crippen molar-refractivity contribution in [1.82, 2.24) is 0 Å². The van der Waals surface area contributed by atoms with E-state index in [1.807, 2.05) is 0 Å². The molecular formula is C13H10BrFO3S. The van der Waals surface area contributed by atoms with Crippen molar-refractivity contribution in [3.8, 4) is 5.75 Å². The predicted molar refractivity (Wildman–Crippen MR) is 73.1 cm³/mol. The number of halogens is 2. The minimum absolute atomic E-state index is 0.162. The molecule has 0 fully saturated rings. The van der Waals surface area contributed by atoms with E-state index in [0.717, 1.165) is 6.07 Å². The minimum Gasteiger partial charge on any atom is -0.379 e. The molecule has 0 spiro atoms. The average Bonchev–Trinajstić information content (AvgIpc) is 2.32. The average molecular weight is 345 g/mol. The molecule has 2 aromatic carbocycles. The summed E-state index contributed by atoms with van der Waals surface area (Å²) in [5, 5.41) is 0. The van der Waals surface area contributed by atoms with E-state index < -0.39 is 15.9 Å². The van der Waals surface area contributed by atoms with Gasteiger partial charge in [-0.25, -0.2) is 4.39 Å². The Labute approximate surface area is 119 Å². The van der Waals surface area contributed by atoms with Gasteiger partial charge in [0.05, 0.1) is 0 Å². The fourth-order valence-corrected chi connectivity index (χ4v) is 2.74. The predicted octanol–water partition coefficient (Wildman–Crippen LogP) is 3.66. The van der Waals surface area contributed by atoms with Crippen LogP contribution in [0, 0.1) is 12.7 Å². The van der Waals surface area contributed by atoms with Crippen LogP contribution >= 0.6 is 15.9 Å². The molecule has 0 atom stereocenters. The Bertz CT molecular complexity index is 714. The van der Waals surface area contributed by atoms with E-state index >= 15 is 0 Å². The van der Waals surface area contributed by atoms with E-state index in [1.165, 1.54) is 24.3 Å². The topological polar surface area (TPSA) is 43.4 Å². The van der Waals surface area contributed by atoms with Gasteiger partial charge in [0, 0.05) is 4.47 Å². The van der Waals surface area contributed by atoms with Gasteiger partial charge in [-0.1, -0.05) is 28.1 Å². The lowest BCUT2D eigenvalue weighted by Crippen LogP contribution is -2.10. The molecule has 0 aliphatic carbocycles. The third-order valence-corrected chi connectivity index (χ3v) is 4.17. The summed E-state index contributed by atoms with van der Waals surface area (Å²) in [6.45, 7) is 1.56. The Morgan fingerprint density at radius 3 is 2.53 bits per heavy atom. The van der Waals surface area contributed by atoms with Gasteiger partial charge < -0.3 is 4.18 Å². The highest BCUT2D eigenvalue weighted by atomic mass is 79.9. The highest BCUT2D eigenvalue weighted by Gasteiger charge is 2.18. The van der Waals surface area contributed by atoms with E-state index in [0.29, 0.717) is 10.0 Å². The van der Waals surface area contributed by atoms with Crippen molar-refractivity contribution in [1.29, 1.82) is 0 Å². The maximum absolute atomic E-state index is 13.4. The summed E-state index contributed by atoms with van der Waals surface area (Å²) in [5.74, 6) is -0.422. The zero-order valence-corrected chi connectivity index (χ0v) is 12.3. The van der Waals surface area contributed by atoms with Crippen molar-refractivity contribution < 1.29 is 17.0 Å². The third-order valence-electron chi connectivity index (χ3n) is 2.43. The van der Waals surface area contributed by atoms with Gasteiger partial charge in [-0.3, -0.25) is 0 Å². The quantitative estimate of drug-likeness (QED) is 0.798. The van der Waals surface area contributed by atoms with Crippen LogP contribution in [0.1, 0.15) is 5.56 Å². The maximum Gasteiger partial charge on any atom is 0.339 e. The molecule has 100 valence electrons. The molecule has 0 heterocycles. The molecule has 0 aliphatic heterocycles. The zero-order chi connectivity index (χ0) is 14.0. The Morgan fingerprint density at radius 1 is 1.16 bits per heavy atom. The molecule has 0 aromatic heterocycles. The molecule has 0 radical (unpaired) electrons. The zero-order valence-electron chi connectivity index (χ0n) is 9.93. The molecule has 3 nitrogen and oxygen atoms in total. The first-order valence-corrected chi connectivity index (χ1v) is 7.55. The lowest BCUT2D eigenvalue weighted by Gasteiger charge is -2.08. The Kier molecular flexibility index (Phi) is 3.91. The number of benzene rings is 2. The number of aryl methyl sites for hydroxylation is 1.